The molecule has 0 spiro atoms. The second kappa shape index (κ2) is 7.84. The number of halogens is 1. The molecule has 0 radical (unpaired) electrons. The maximum atomic E-state index is 14.9. The van der Waals surface area contributed by atoms with Gasteiger partial charge in [-0.1, -0.05) is 22.7 Å². The van der Waals surface area contributed by atoms with Gasteiger partial charge in [0.05, 0.1) is 23.1 Å². The highest BCUT2D eigenvalue weighted by atomic mass is 32.1. The first-order valence-electron chi connectivity index (χ1n) is 8.77. The molecular weight excluding hydrogens is 405 g/mol. The normalized spacial score (nSPS) is 14.0. The smallest absolute Gasteiger partial charge is 0.325 e. The van der Waals surface area contributed by atoms with E-state index < -0.39 is 11.8 Å². The van der Waals surface area contributed by atoms with Gasteiger partial charge < -0.3 is 20.3 Å². The average molecular weight is 423 g/mol. The molecule has 3 heterocycles. The molecule has 2 aromatic heterocycles. The number of methoxy groups -OCH3 is 1. The summed E-state index contributed by atoms with van der Waals surface area (Å²) in [6, 6.07) is 1.82. The van der Waals surface area contributed by atoms with Crippen LogP contribution in [0.15, 0.2) is 6.07 Å². The summed E-state index contributed by atoms with van der Waals surface area (Å²) < 4.78 is 20.8. The van der Waals surface area contributed by atoms with E-state index in [1.165, 1.54) is 29.8 Å². The molecule has 1 saturated heterocycles. The minimum atomic E-state index is -0.509. The Morgan fingerprint density at radius 1 is 1.11 bits per heavy atom. The van der Waals surface area contributed by atoms with Gasteiger partial charge in [-0.05, 0) is 18.9 Å². The van der Waals surface area contributed by atoms with Crippen LogP contribution in [0.5, 0.6) is 0 Å². The lowest BCUT2D eigenvalue weighted by Gasteiger charge is -2.14. The van der Waals surface area contributed by atoms with E-state index in [1.54, 1.807) is 0 Å². The van der Waals surface area contributed by atoms with E-state index in [9.17, 15) is 14.0 Å². The number of anilines is 2. The number of hydrogen-bond donors (Lipinski definition) is 2. The van der Waals surface area contributed by atoms with Gasteiger partial charge in [0.15, 0.2) is 16.1 Å². The van der Waals surface area contributed by atoms with Gasteiger partial charge in [0, 0.05) is 13.1 Å². The van der Waals surface area contributed by atoms with Gasteiger partial charge in [-0.2, -0.15) is 0 Å². The fourth-order valence-corrected chi connectivity index (χ4v) is 4.88. The maximum Gasteiger partial charge on any atom is 0.325 e. The van der Waals surface area contributed by atoms with Gasteiger partial charge in [0.25, 0.3) is 0 Å². The number of carbonyl (C=O) groups excluding carboxylic acids is 2. The van der Waals surface area contributed by atoms with Crippen LogP contribution in [-0.4, -0.2) is 60.0 Å². The topological polar surface area (TPSA) is 96.5 Å². The Balaban J connectivity index is 1.52. The molecular formula is C17H18FN5O3S2. The van der Waals surface area contributed by atoms with Crippen LogP contribution in [0.1, 0.15) is 12.8 Å². The van der Waals surface area contributed by atoms with Crippen LogP contribution < -0.4 is 10.6 Å². The maximum absolute atomic E-state index is 14.9. The lowest BCUT2D eigenvalue weighted by Crippen LogP contribution is -2.32. The van der Waals surface area contributed by atoms with E-state index in [2.05, 4.69) is 25.3 Å². The van der Waals surface area contributed by atoms with E-state index in [4.69, 9.17) is 0 Å². The molecule has 8 nitrogen and oxygen atoms in total. The lowest BCUT2D eigenvalue weighted by molar-refractivity contribution is -0.138. The van der Waals surface area contributed by atoms with Gasteiger partial charge in [-0.3, -0.25) is 9.59 Å². The van der Waals surface area contributed by atoms with Crippen LogP contribution in [-0.2, 0) is 14.3 Å². The summed E-state index contributed by atoms with van der Waals surface area (Å²) in [7, 11) is 1.30. The molecule has 0 saturated carbocycles. The predicted molar refractivity (Wildman–Crippen MR) is 108 cm³/mol. The molecule has 1 amide bonds. The molecule has 11 heteroatoms. The number of nitrogens with one attached hydrogen (secondary N) is 2. The van der Waals surface area contributed by atoms with Gasteiger partial charge >= 0.3 is 5.97 Å². The summed E-state index contributed by atoms with van der Waals surface area (Å²) in [6.07, 6.45) is 2.08. The highest BCUT2D eigenvalue weighted by molar-refractivity contribution is 7.24. The molecule has 4 rings (SSSR count). The Labute approximate surface area is 167 Å². The van der Waals surface area contributed by atoms with Crippen molar-refractivity contribution in [3.8, 4) is 0 Å². The summed E-state index contributed by atoms with van der Waals surface area (Å²) in [5, 5.41) is 6.77. The van der Waals surface area contributed by atoms with Crippen LogP contribution in [0.2, 0.25) is 0 Å². The number of aromatic nitrogens is 2. The van der Waals surface area contributed by atoms with E-state index in [-0.39, 0.29) is 30.0 Å². The summed E-state index contributed by atoms with van der Waals surface area (Å²) in [5.41, 5.74) is 0.424. The zero-order valence-corrected chi connectivity index (χ0v) is 16.7. The molecule has 28 heavy (non-hydrogen) atoms. The fraction of sp³-hybridized carbons (Fsp3) is 0.412. The minimum absolute atomic E-state index is 0.0289. The first-order valence-corrected chi connectivity index (χ1v) is 10.4. The van der Waals surface area contributed by atoms with Crippen LogP contribution in [0.3, 0.4) is 0 Å². The predicted octanol–water partition coefficient (Wildman–Crippen LogP) is 2.66. The van der Waals surface area contributed by atoms with Crippen molar-refractivity contribution >= 4 is 65.2 Å². The number of ether oxygens (including phenoxy) is 1. The number of carbonyl (C=O) groups is 2. The molecule has 1 fully saturated rings. The molecule has 1 aliphatic rings. The van der Waals surface area contributed by atoms with E-state index in [0.717, 1.165) is 25.9 Å². The summed E-state index contributed by atoms with van der Waals surface area (Å²) in [5.74, 6) is -0.909. The minimum Gasteiger partial charge on any atom is -0.468 e. The number of rotatable bonds is 6. The zero-order chi connectivity index (χ0) is 19.7. The van der Waals surface area contributed by atoms with Crippen molar-refractivity contribution in [1.29, 1.82) is 0 Å². The second-order valence-corrected chi connectivity index (χ2v) is 8.35. The Hall–Kier alpha value is -2.53. The summed E-state index contributed by atoms with van der Waals surface area (Å²) in [6.45, 7) is 1.70. The second-order valence-electron chi connectivity index (χ2n) is 6.29. The highest BCUT2D eigenvalue weighted by Gasteiger charge is 2.19. The summed E-state index contributed by atoms with van der Waals surface area (Å²) >= 11 is 2.54. The zero-order valence-electron chi connectivity index (χ0n) is 15.1. The molecule has 0 aliphatic carbocycles. The number of thiazole rings is 2. The Kier molecular flexibility index (Phi) is 5.27. The molecule has 148 valence electrons. The molecule has 0 bridgehead atoms. The van der Waals surface area contributed by atoms with Crippen molar-refractivity contribution in [2.45, 2.75) is 12.8 Å². The Bertz CT molecular complexity index is 1040. The van der Waals surface area contributed by atoms with E-state index in [0.29, 0.717) is 19.7 Å². The first-order chi connectivity index (χ1) is 13.5. The lowest BCUT2D eigenvalue weighted by atomic mass is 10.3. The average Bonchev–Trinajstić information content (AvgIpc) is 3.43. The van der Waals surface area contributed by atoms with Crippen molar-refractivity contribution in [3.05, 3.63) is 11.9 Å². The fourth-order valence-electron chi connectivity index (χ4n) is 3.01. The van der Waals surface area contributed by atoms with Crippen LogP contribution in [0.25, 0.3) is 20.4 Å². The van der Waals surface area contributed by atoms with E-state index >= 15 is 0 Å². The summed E-state index contributed by atoms with van der Waals surface area (Å²) in [4.78, 5) is 33.7. The van der Waals surface area contributed by atoms with Crippen LogP contribution in [0.4, 0.5) is 14.7 Å². The number of nitrogens with zero attached hydrogens (tertiary/aromatic N) is 3. The first kappa shape index (κ1) is 18.8. The van der Waals surface area contributed by atoms with Crippen LogP contribution in [0, 0.1) is 5.82 Å². The molecule has 2 N–H and O–H groups in total. The Morgan fingerprint density at radius 3 is 2.25 bits per heavy atom. The van der Waals surface area contributed by atoms with Gasteiger partial charge in [0.2, 0.25) is 5.91 Å². The number of hydrogen-bond acceptors (Lipinski definition) is 9. The van der Waals surface area contributed by atoms with Crippen molar-refractivity contribution < 1.29 is 18.7 Å². The van der Waals surface area contributed by atoms with Gasteiger partial charge in [-0.25, -0.2) is 14.4 Å². The Morgan fingerprint density at radius 2 is 1.68 bits per heavy atom. The monoisotopic (exact) mass is 423 g/mol. The number of amides is 1. The van der Waals surface area contributed by atoms with E-state index in [1.807, 2.05) is 11.0 Å². The number of esters is 1. The molecule has 0 atom stereocenters. The molecule has 3 aromatic rings. The highest BCUT2D eigenvalue weighted by Crippen LogP contribution is 2.36. The van der Waals surface area contributed by atoms with Crippen molar-refractivity contribution in [1.82, 2.24) is 14.9 Å². The third-order valence-corrected chi connectivity index (χ3v) is 6.37. The quantitative estimate of drug-likeness (QED) is 0.589. The van der Waals surface area contributed by atoms with Crippen molar-refractivity contribution in [3.63, 3.8) is 0 Å². The van der Waals surface area contributed by atoms with Crippen molar-refractivity contribution in [2.24, 2.45) is 0 Å². The van der Waals surface area contributed by atoms with Gasteiger partial charge in [-0.15, -0.1) is 0 Å². The molecule has 0 unspecified atom stereocenters. The van der Waals surface area contributed by atoms with Crippen LogP contribution >= 0.6 is 22.7 Å². The number of benzene rings is 1. The largest absolute Gasteiger partial charge is 0.468 e. The van der Waals surface area contributed by atoms with Gasteiger partial charge in [0.1, 0.15) is 17.6 Å². The standard InChI is InChI=1S/C17H18FN5O3S2/c1-26-12(25)8-20-17-22-15-10(28-17)6-9-14(13(15)18)21-16(27-9)19-7-11(24)23-4-2-3-5-23/h6H,2-5,7-8H2,1H3,(H,19,21)(H,20,22). The third kappa shape index (κ3) is 3.72. The third-order valence-electron chi connectivity index (χ3n) is 4.45. The van der Waals surface area contributed by atoms with Crippen molar-refractivity contribution in [2.75, 3.05) is 43.9 Å². The number of likely N-dealkylation sites (tertiary alicyclic amines) is 1. The number of fused-ring (bicyclic) bond motifs is 2. The SMILES string of the molecule is COC(=O)CNc1nc2c(F)c3nc(NCC(=O)N4CCCC4)sc3cc2s1. The molecule has 1 aromatic carbocycles. The molecule has 1 aliphatic heterocycles.